The van der Waals surface area contributed by atoms with E-state index in [4.69, 9.17) is 5.73 Å². The molecule has 1 heterocycles. The van der Waals surface area contributed by atoms with Gasteiger partial charge in [-0.2, -0.15) is 0 Å². The summed E-state index contributed by atoms with van der Waals surface area (Å²) in [6.45, 7) is 3.94. The summed E-state index contributed by atoms with van der Waals surface area (Å²) in [5.41, 5.74) is 8.55. The fourth-order valence-electron chi connectivity index (χ4n) is 2.90. The van der Waals surface area contributed by atoms with Crippen LogP contribution in [0.25, 0.3) is 11.3 Å². The maximum absolute atomic E-state index is 12.3. The molecule has 156 valence electrons. The van der Waals surface area contributed by atoms with Gasteiger partial charge < -0.3 is 15.8 Å². The zero-order valence-electron chi connectivity index (χ0n) is 16.2. The van der Waals surface area contributed by atoms with Crippen LogP contribution in [0.1, 0.15) is 35.7 Å². The minimum absolute atomic E-state index is 0.133. The molecule has 1 amide bonds. The summed E-state index contributed by atoms with van der Waals surface area (Å²) in [4.78, 5) is 20.2. The monoisotopic (exact) mass is 416 g/mol. The summed E-state index contributed by atoms with van der Waals surface area (Å²) in [5, 5.41) is 2.99. The van der Waals surface area contributed by atoms with Crippen molar-refractivity contribution in [3.63, 3.8) is 0 Å². The van der Waals surface area contributed by atoms with E-state index in [2.05, 4.69) is 20.0 Å². The maximum atomic E-state index is 12.3. The normalized spacial score (nSPS) is 11.4. The number of ether oxygens (including phenoxy) is 1. The third-order valence-electron chi connectivity index (χ3n) is 4.26. The van der Waals surface area contributed by atoms with Gasteiger partial charge in [0.1, 0.15) is 17.9 Å². The third kappa shape index (κ3) is 5.25. The van der Waals surface area contributed by atoms with Crippen molar-refractivity contribution in [3.8, 4) is 17.0 Å². The number of anilines is 2. The molecule has 0 saturated carbocycles. The van der Waals surface area contributed by atoms with Crippen molar-refractivity contribution in [1.29, 1.82) is 0 Å². The topological polar surface area (TPSA) is 90.1 Å². The standard InChI is InChI=1S/C21H19F3N4O2/c1-12(2)16-8-3-13(9-17(16)20(25)29)18-10-19(27-11-26-18)28-14-4-6-15(7-5-14)30-21(22,23)24/h3-12H,1-2H3,(H2,25,29)(H,26,27,28). The van der Waals surface area contributed by atoms with Gasteiger partial charge in [-0.05, 0) is 41.8 Å². The summed E-state index contributed by atoms with van der Waals surface area (Å²) < 4.78 is 40.6. The van der Waals surface area contributed by atoms with Gasteiger partial charge in [0.25, 0.3) is 0 Å². The van der Waals surface area contributed by atoms with Crippen LogP contribution in [-0.2, 0) is 0 Å². The first-order chi connectivity index (χ1) is 14.1. The van der Waals surface area contributed by atoms with E-state index in [-0.39, 0.29) is 11.7 Å². The lowest BCUT2D eigenvalue weighted by Gasteiger charge is -2.13. The number of alkyl halides is 3. The van der Waals surface area contributed by atoms with E-state index in [0.29, 0.717) is 28.3 Å². The van der Waals surface area contributed by atoms with Crippen molar-refractivity contribution in [2.24, 2.45) is 5.73 Å². The van der Waals surface area contributed by atoms with Gasteiger partial charge in [-0.1, -0.05) is 26.0 Å². The van der Waals surface area contributed by atoms with Gasteiger partial charge in [0, 0.05) is 22.9 Å². The minimum atomic E-state index is -4.74. The molecule has 0 bridgehead atoms. The lowest BCUT2D eigenvalue weighted by atomic mass is 9.94. The molecule has 3 N–H and O–H groups in total. The van der Waals surface area contributed by atoms with Crippen molar-refractivity contribution in [3.05, 3.63) is 66.0 Å². The summed E-state index contributed by atoms with van der Waals surface area (Å²) >= 11 is 0. The Balaban J connectivity index is 1.83. The van der Waals surface area contributed by atoms with Crippen LogP contribution >= 0.6 is 0 Å². The quantitative estimate of drug-likeness (QED) is 0.590. The van der Waals surface area contributed by atoms with Gasteiger partial charge >= 0.3 is 6.36 Å². The van der Waals surface area contributed by atoms with E-state index in [9.17, 15) is 18.0 Å². The van der Waals surface area contributed by atoms with E-state index in [0.717, 1.165) is 5.56 Å². The first-order valence-corrected chi connectivity index (χ1v) is 9.01. The van der Waals surface area contributed by atoms with Crippen molar-refractivity contribution < 1.29 is 22.7 Å². The zero-order valence-corrected chi connectivity index (χ0v) is 16.2. The fraction of sp³-hybridized carbons (Fsp3) is 0.190. The van der Waals surface area contributed by atoms with Crippen molar-refractivity contribution in [2.45, 2.75) is 26.1 Å². The number of nitrogens with two attached hydrogens (primary N) is 1. The first-order valence-electron chi connectivity index (χ1n) is 9.01. The third-order valence-corrected chi connectivity index (χ3v) is 4.26. The predicted octanol–water partition coefficient (Wildman–Crippen LogP) is 5.01. The van der Waals surface area contributed by atoms with Crippen LogP contribution in [0, 0.1) is 0 Å². The zero-order chi connectivity index (χ0) is 21.9. The van der Waals surface area contributed by atoms with Crippen LogP contribution in [0.3, 0.4) is 0 Å². The molecule has 6 nitrogen and oxygen atoms in total. The highest BCUT2D eigenvalue weighted by Crippen LogP contribution is 2.28. The van der Waals surface area contributed by atoms with Gasteiger partial charge in [-0.15, -0.1) is 13.2 Å². The largest absolute Gasteiger partial charge is 0.573 e. The number of hydrogen-bond donors (Lipinski definition) is 2. The maximum Gasteiger partial charge on any atom is 0.573 e. The SMILES string of the molecule is CC(C)c1ccc(-c2cc(Nc3ccc(OC(F)(F)F)cc3)ncn2)cc1C(N)=O. The van der Waals surface area contributed by atoms with Crippen LogP contribution in [-0.4, -0.2) is 22.2 Å². The highest BCUT2D eigenvalue weighted by Gasteiger charge is 2.30. The Labute approximate surface area is 170 Å². The van der Waals surface area contributed by atoms with E-state index < -0.39 is 12.3 Å². The number of carbonyl (C=O) groups excluding carboxylic acids is 1. The number of primary amides is 1. The van der Waals surface area contributed by atoms with Crippen molar-refractivity contribution in [2.75, 3.05) is 5.32 Å². The Morgan fingerprint density at radius 1 is 1.07 bits per heavy atom. The molecule has 0 aliphatic heterocycles. The van der Waals surface area contributed by atoms with Gasteiger partial charge in [0.15, 0.2) is 0 Å². The predicted molar refractivity (Wildman–Crippen MR) is 106 cm³/mol. The summed E-state index contributed by atoms with van der Waals surface area (Å²) in [6.07, 6.45) is -3.40. The second kappa shape index (κ2) is 8.40. The fourth-order valence-corrected chi connectivity index (χ4v) is 2.90. The van der Waals surface area contributed by atoms with Crippen LogP contribution in [0.5, 0.6) is 5.75 Å². The highest BCUT2D eigenvalue weighted by molar-refractivity contribution is 5.95. The Hall–Kier alpha value is -3.62. The molecule has 30 heavy (non-hydrogen) atoms. The average Bonchev–Trinajstić information content (AvgIpc) is 2.68. The number of rotatable bonds is 6. The van der Waals surface area contributed by atoms with Gasteiger partial charge in [0.05, 0.1) is 5.69 Å². The molecule has 0 fully saturated rings. The van der Waals surface area contributed by atoms with E-state index in [1.807, 2.05) is 26.0 Å². The van der Waals surface area contributed by atoms with Gasteiger partial charge in [-0.25, -0.2) is 9.97 Å². The molecule has 2 aromatic carbocycles. The molecule has 0 unspecified atom stereocenters. The lowest BCUT2D eigenvalue weighted by molar-refractivity contribution is -0.274. The van der Waals surface area contributed by atoms with Crippen LogP contribution in [0.15, 0.2) is 54.9 Å². The van der Waals surface area contributed by atoms with E-state index in [1.54, 1.807) is 12.1 Å². The van der Waals surface area contributed by atoms with E-state index >= 15 is 0 Å². The molecule has 3 aromatic rings. The lowest BCUT2D eigenvalue weighted by Crippen LogP contribution is -2.16. The summed E-state index contributed by atoms with van der Waals surface area (Å²) in [6, 6.07) is 12.3. The van der Waals surface area contributed by atoms with Crippen molar-refractivity contribution >= 4 is 17.4 Å². The molecule has 0 radical (unpaired) electrons. The van der Waals surface area contributed by atoms with E-state index in [1.165, 1.54) is 30.6 Å². The molecule has 0 spiro atoms. The molecular formula is C21H19F3N4O2. The first kappa shape index (κ1) is 21.1. The Bertz CT molecular complexity index is 1050. The average molecular weight is 416 g/mol. The highest BCUT2D eigenvalue weighted by atomic mass is 19.4. The number of halogens is 3. The number of amides is 1. The Kier molecular flexibility index (Phi) is 5.91. The number of benzene rings is 2. The number of aromatic nitrogens is 2. The second-order valence-electron chi connectivity index (χ2n) is 6.81. The Morgan fingerprint density at radius 2 is 1.77 bits per heavy atom. The molecule has 0 aliphatic carbocycles. The molecule has 9 heteroatoms. The number of hydrogen-bond acceptors (Lipinski definition) is 5. The molecule has 0 aliphatic rings. The number of nitrogens with one attached hydrogen (secondary N) is 1. The summed E-state index contributed by atoms with van der Waals surface area (Å²) in [5.74, 6) is -0.277. The van der Waals surface area contributed by atoms with Crippen molar-refractivity contribution in [1.82, 2.24) is 9.97 Å². The van der Waals surface area contributed by atoms with Crippen LogP contribution < -0.4 is 15.8 Å². The number of carbonyl (C=O) groups is 1. The van der Waals surface area contributed by atoms with Gasteiger partial charge in [-0.3, -0.25) is 4.79 Å². The second-order valence-corrected chi connectivity index (χ2v) is 6.81. The van der Waals surface area contributed by atoms with Crippen LogP contribution in [0.4, 0.5) is 24.7 Å². The molecule has 1 aromatic heterocycles. The molecule has 0 saturated heterocycles. The molecular weight excluding hydrogens is 397 g/mol. The summed E-state index contributed by atoms with van der Waals surface area (Å²) in [7, 11) is 0. The smallest absolute Gasteiger partial charge is 0.406 e. The Morgan fingerprint density at radius 3 is 2.37 bits per heavy atom. The number of nitrogens with zero attached hydrogens (tertiary/aromatic N) is 2. The van der Waals surface area contributed by atoms with Gasteiger partial charge in [0.2, 0.25) is 5.91 Å². The minimum Gasteiger partial charge on any atom is -0.406 e. The molecule has 3 rings (SSSR count). The molecule has 0 atom stereocenters. The van der Waals surface area contributed by atoms with Crippen LogP contribution in [0.2, 0.25) is 0 Å².